The SMILES string of the molecule is O=C1NC(c2ccccc2)C(=O)N(CC(=O)N2CCCC(Cc3ccc(F)cc3)C2)c2ccccc21. The Bertz CT molecular complexity index is 1260. The van der Waals surface area contributed by atoms with Crippen LogP contribution in [0.1, 0.15) is 40.4 Å². The molecule has 0 aromatic heterocycles. The van der Waals surface area contributed by atoms with Gasteiger partial charge in [0.2, 0.25) is 5.91 Å². The monoisotopic (exact) mass is 485 g/mol. The van der Waals surface area contributed by atoms with Gasteiger partial charge in [-0.3, -0.25) is 14.4 Å². The molecule has 1 saturated heterocycles. The third-order valence-electron chi connectivity index (χ3n) is 6.96. The van der Waals surface area contributed by atoms with Crippen molar-refractivity contribution in [3.63, 3.8) is 0 Å². The summed E-state index contributed by atoms with van der Waals surface area (Å²) in [6.07, 6.45) is 2.62. The van der Waals surface area contributed by atoms with Crippen molar-refractivity contribution in [3.8, 4) is 0 Å². The van der Waals surface area contributed by atoms with Gasteiger partial charge in [-0.25, -0.2) is 4.39 Å². The van der Waals surface area contributed by atoms with Crippen LogP contribution < -0.4 is 10.2 Å². The summed E-state index contributed by atoms with van der Waals surface area (Å²) in [6, 6.07) is 21.6. The van der Waals surface area contributed by atoms with E-state index in [0.29, 0.717) is 29.9 Å². The van der Waals surface area contributed by atoms with Crippen molar-refractivity contribution in [2.45, 2.75) is 25.3 Å². The highest BCUT2D eigenvalue weighted by Crippen LogP contribution is 2.29. The van der Waals surface area contributed by atoms with Crippen LogP contribution in [0.2, 0.25) is 0 Å². The zero-order chi connectivity index (χ0) is 25.1. The lowest BCUT2D eigenvalue weighted by molar-refractivity contribution is -0.133. The van der Waals surface area contributed by atoms with E-state index < -0.39 is 6.04 Å². The van der Waals surface area contributed by atoms with E-state index in [0.717, 1.165) is 24.8 Å². The molecule has 2 unspecified atom stereocenters. The fourth-order valence-electron chi connectivity index (χ4n) is 5.13. The molecule has 1 fully saturated rings. The first-order chi connectivity index (χ1) is 17.5. The van der Waals surface area contributed by atoms with E-state index in [1.165, 1.54) is 17.0 Å². The number of halogens is 1. The predicted molar refractivity (Wildman–Crippen MR) is 135 cm³/mol. The number of hydrogen-bond acceptors (Lipinski definition) is 3. The molecule has 2 heterocycles. The van der Waals surface area contributed by atoms with Gasteiger partial charge in [-0.15, -0.1) is 0 Å². The van der Waals surface area contributed by atoms with Crippen molar-refractivity contribution < 1.29 is 18.8 Å². The largest absolute Gasteiger partial charge is 0.341 e. The molecule has 7 heteroatoms. The Morgan fingerprint density at radius 1 is 0.944 bits per heavy atom. The number of carbonyl (C=O) groups excluding carboxylic acids is 3. The quantitative estimate of drug-likeness (QED) is 0.591. The molecule has 6 nitrogen and oxygen atoms in total. The van der Waals surface area contributed by atoms with Gasteiger partial charge in [-0.1, -0.05) is 54.6 Å². The van der Waals surface area contributed by atoms with E-state index in [9.17, 15) is 18.8 Å². The van der Waals surface area contributed by atoms with Crippen LogP contribution in [0.3, 0.4) is 0 Å². The second-order valence-electron chi connectivity index (χ2n) is 9.44. The minimum Gasteiger partial charge on any atom is -0.341 e. The molecule has 3 amide bonds. The number of anilines is 1. The third kappa shape index (κ3) is 5.00. The predicted octanol–water partition coefficient (Wildman–Crippen LogP) is 4.12. The topological polar surface area (TPSA) is 69.7 Å². The maximum Gasteiger partial charge on any atom is 0.254 e. The molecule has 3 aromatic rings. The lowest BCUT2D eigenvalue weighted by Gasteiger charge is -2.35. The number of hydrogen-bond donors (Lipinski definition) is 1. The van der Waals surface area contributed by atoms with E-state index in [4.69, 9.17) is 0 Å². The van der Waals surface area contributed by atoms with Gasteiger partial charge in [-0.2, -0.15) is 0 Å². The molecule has 0 aliphatic carbocycles. The van der Waals surface area contributed by atoms with Gasteiger partial charge in [0.05, 0.1) is 11.3 Å². The maximum absolute atomic E-state index is 13.7. The zero-order valence-electron chi connectivity index (χ0n) is 19.9. The van der Waals surface area contributed by atoms with Crippen LogP contribution in [0, 0.1) is 11.7 Å². The van der Waals surface area contributed by atoms with Crippen molar-refractivity contribution in [1.82, 2.24) is 10.2 Å². The second kappa shape index (κ2) is 10.3. The van der Waals surface area contributed by atoms with Crippen molar-refractivity contribution in [3.05, 3.63) is 101 Å². The molecule has 3 aromatic carbocycles. The van der Waals surface area contributed by atoms with E-state index >= 15 is 0 Å². The maximum atomic E-state index is 13.7. The molecule has 1 N–H and O–H groups in total. The summed E-state index contributed by atoms with van der Waals surface area (Å²) in [5, 5.41) is 2.84. The van der Waals surface area contributed by atoms with Gasteiger partial charge >= 0.3 is 0 Å². The average Bonchev–Trinajstić information content (AvgIpc) is 3.01. The molecule has 0 bridgehead atoms. The minimum absolute atomic E-state index is 0.141. The Morgan fingerprint density at radius 2 is 1.67 bits per heavy atom. The van der Waals surface area contributed by atoms with Crippen molar-refractivity contribution in [1.29, 1.82) is 0 Å². The molecular weight excluding hydrogens is 457 g/mol. The van der Waals surface area contributed by atoms with Gasteiger partial charge in [-0.05, 0) is 60.6 Å². The number of fused-ring (bicyclic) bond motifs is 1. The third-order valence-corrected chi connectivity index (χ3v) is 6.96. The van der Waals surface area contributed by atoms with Crippen molar-refractivity contribution in [2.24, 2.45) is 5.92 Å². The first kappa shape index (κ1) is 23.7. The number of carbonyl (C=O) groups is 3. The second-order valence-corrected chi connectivity index (χ2v) is 9.44. The summed E-state index contributed by atoms with van der Waals surface area (Å²) >= 11 is 0. The van der Waals surface area contributed by atoms with Gasteiger partial charge in [0, 0.05) is 13.1 Å². The number of benzene rings is 3. The summed E-state index contributed by atoms with van der Waals surface area (Å²) in [4.78, 5) is 43.4. The van der Waals surface area contributed by atoms with Gasteiger partial charge in [0.15, 0.2) is 0 Å². The van der Waals surface area contributed by atoms with Crippen molar-refractivity contribution >= 4 is 23.4 Å². The molecule has 2 atom stereocenters. The Morgan fingerprint density at radius 3 is 2.44 bits per heavy atom. The Labute approximate surface area is 209 Å². The van der Waals surface area contributed by atoms with Gasteiger partial charge in [0.1, 0.15) is 18.4 Å². The molecule has 2 aliphatic rings. The van der Waals surface area contributed by atoms with E-state index in [-0.39, 0.29) is 36.0 Å². The fraction of sp³-hybridized carbons (Fsp3) is 0.276. The fourth-order valence-corrected chi connectivity index (χ4v) is 5.13. The van der Waals surface area contributed by atoms with Crippen LogP contribution >= 0.6 is 0 Å². The number of nitrogens with one attached hydrogen (secondary N) is 1. The number of nitrogens with zero attached hydrogens (tertiary/aromatic N) is 2. The van der Waals surface area contributed by atoms with Crippen LogP contribution in [-0.2, 0) is 16.0 Å². The first-order valence-corrected chi connectivity index (χ1v) is 12.3. The number of piperidine rings is 1. The van der Waals surface area contributed by atoms with Crippen LogP contribution in [0.4, 0.5) is 10.1 Å². The van der Waals surface area contributed by atoms with Crippen LogP contribution in [0.5, 0.6) is 0 Å². The summed E-state index contributed by atoms with van der Waals surface area (Å²) < 4.78 is 13.3. The van der Waals surface area contributed by atoms with Crippen LogP contribution in [0.15, 0.2) is 78.9 Å². The molecule has 0 saturated carbocycles. The highest BCUT2D eigenvalue weighted by atomic mass is 19.1. The highest BCUT2D eigenvalue weighted by Gasteiger charge is 2.36. The van der Waals surface area contributed by atoms with E-state index in [1.807, 2.05) is 23.1 Å². The van der Waals surface area contributed by atoms with Crippen molar-refractivity contribution in [2.75, 3.05) is 24.5 Å². The smallest absolute Gasteiger partial charge is 0.254 e. The van der Waals surface area contributed by atoms with E-state index in [2.05, 4.69) is 5.32 Å². The molecule has 5 rings (SSSR count). The number of likely N-dealkylation sites (tertiary alicyclic amines) is 1. The lowest BCUT2D eigenvalue weighted by atomic mass is 9.91. The van der Waals surface area contributed by atoms with Gasteiger partial charge < -0.3 is 15.1 Å². The molecular formula is C29H28FN3O3. The summed E-state index contributed by atoms with van der Waals surface area (Å²) in [5.41, 5.74) is 2.51. The molecule has 184 valence electrons. The molecule has 36 heavy (non-hydrogen) atoms. The standard InChI is InChI=1S/C29H28FN3O3/c30-23-14-12-20(13-15-23)17-21-7-6-16-32(18-21)26(34)19-33-25-11-5-4-10-24(25)28(35)31-27(29(33)36)22-8-2-1-3-9-22/h1-5,8-15,21,27H,6-7,16-19H2,(H,31,35). The Balaban J connectivity index is 1.36. The molecule has 0 radical (unpaired) electrons. The zero-order valence-corrected chi connectivity index (χ0v) is 19.9. The van der Waals surface area contributed by atoms with E-state index in [1.54, 1.807) is 48.5 Å². The normalized spacial score (nSPS) is 19.9. The minimum atomic E-state index is -0.883. The number of amides is 3. The summed E-state index contributed by atoms with van der Waals surface area (Å²) in [7, 11) is 0. The van der Waals surface area contributed by atoms with Crippen LogP contribution in [0.25, 0.3) is 0 Å². The lowest BCUT2D eigenvalue weighted by Crippen LogP contribution is -2.48. The molecule has 2 aliphatic heterocycles. The highest BCUT2D eigenvalue weighted by molar-refractivity contribution is 6.12. The Kier molecular flexibility index (Phi) is 6.80. The summed E-state index contributed by atoms with van der Waals surface area (Å²) in [6.45, 7) is 1.07. The average molecular weight is 486 g/mol. The number of para-hydroxylation sites is 1. The first-order valence-electron chi connectivity index (χ1n) is 12.3. The number of rotatable bonds is 5. The van der Waals surface area contributed by atoms with Crippen LogP contribution in [-0.4, -0.2) is 42.3 Å². The molecule has 0 spiro atoms. The Hall–Kier alpha value is -4.00. The van der Waals surface area contributed by atoms with Gasteiger partial charge in [0.25, 0.3) is 11.8 Å². The summed E-state index contributed by atoms with van der Waals surface area (Å²) in [5.74, 6) is -0.833.